The number of hydrogen-bond donors (Lipinski definition) is 2. The average molecular weight is 342 g/mol. The molecule has 3 rings (SSSR count). The van der Waals surface area contributed by atoms with Crippen LogP contribution < -0.4 is 5.32 Å². The van der Waals surface area contributed by atoms with Crippen molar-refractivity contribution in [3.05, 3.63) is 28.8 Å². The largest absolute Gasteiger partial charge is 0.507 e. The van der Waals surface area contributed by atoms with Crippen molar-refractivity contribution in [1.82, 2.24) is 10.2 Å². The number of aromatic hydroxyl groups is 1. The minimum atomic E-state index is -4.23. The highest BCUT2D eigenvalue weighted by atomic mass is 19.4. The van der Waals surface area contributed by atoms with Crippen molar-refractivity contribution in [2.45, 2.75) is 44.3 Å². The van der Waals surface area contributed by atoms with E-state index in [2.05, 4.69) is 5.32 Å². The van der Waals surface area contributed by atoms with Crippen LogP contribution in [0.25, 0.3) is 0 Å². The van der Waals surface area contributed by atoms with Gasteiger partial charge in [-0.15, -0.1) is 0 Å². The zero-order valence-corrected chi connectivity index (χ0v) is 13.3. The zero-order valence-electron chi connectivity index (χ0n) is 13.3. The van der Waals surface area contributed by atoms with Crippen molar-refractivity contribution in [3.63, 3.8) is 0 Å². The molecule has 1 atom stereocenters. The number of benzene rings is 1. The van der Waals surface area contributed by atoms with E-state index in [1.165, 1.54) is 4.90 Å². The van der Waals surface area contributed by atoms with Crippen LogP contribution in [-0.2, 0) is 12.8 Å². The summed E-state index contributed by atoms with van der Waals surface area (Å²) in [5.41, 5.74) is 2.37. The summed E-state index contributed by atoms with van der Waals surface area (Å²) >= 11 is 0. The van der Waals surface area contributed by atoms with E-state index in [0.29, 0.717) is 13.0 Å². The van der Waals surface area contributed by atoms with Crippen molar-refractivity contribution >= 4 is 5.91 Å². The molecule has 0 spiro atoms. The molecular weight excluding hydrogens is 321 g/mol. The number of hydrogen-bond acceptors (Lipinski definition) is 3. The number of aryl methyl sites for hydroxylation is 2. The number of fused-ring (bicyclic) bond motifs is 1. The number of alkyl halides is 3. The van der Waals surface area contributed by atoms with Crippen molar-refractivity contribution in [1.29, 1.82) is 0 Å². The Balaban J connectivity index is 1.63. The Bertz CT molecular complexity index is 631. The molecule has 0 aromatic heterocycles. The minimum Gasteiger partial charge on any atom is -0.507 e. The number of phenolic OH excluding ortho intramolecular Hbond substituents is 1. The van der Waals surface area contributed by atoms with E-state index in [1.807, 2.05) is 0 Å². The van der Waals surface area contributed by atoms with Crippen LogP contribution in [0.5, 0.6) is 5.75 Å². The van der Waals surface area contributed by atoms with Crippen LogP contribution in [0, 0.1) is 0 Å². The molecule has 1 aromatic carbocycles. The van der Waals surface area contributed by atoms with Gasteiger partial charge in [0.15, 0.2) is 0 Å². The molecule has 4 nitrogen and oxygen atoms in total. The van der Waals surface area contributed by atoms with Crippen molar-refractivity contribution in [2.75, 3.05) is 19.6 Å². The molecule has 1 aliphatic carbocycles. The summed E-state index contributed by atoms with van der Waals surface area (Å²) in [6.07, 6.45) is 0.185. The lowest BCUT2D eigenvalue weighted by molar-refractivity contribution is -0.143. The fraction of sp³-hybridized carbons (Fsp3) is 0.588. The maximum Gasteiger partial charge on any atom is 0.401 e. The molecule has 2 aliphatic rings. The molecule has 7 heteroatoms. The molecule has 1 saturated heterocycles. The standard InChI is InChI=1S/C17H21F3N2O2/c18-17(19,20)10-22-6-5-13(9-22)21-16(24)14-7-11-3-1-2-4-12(11)8-15(14)23/h7-8,13,23H,1-6,9-10H2,(H,21,24). The third-order valence-electron chi connectivity index (χ3n) is 4.72. The quantitative estimate of drug-likeness (QED) is 0.888. The molecule has 0 radical (unpaired) electrons. The number of nitrogens with one attached hydrogen (secondary N) is 1. The number of amides is 1. The smallest absolute Gasteiger partial charge is 0.401 e. The zero-order chi connectivity index (χ0) is 17.3. The Labute approximate surface area is 138 Å². The summed E-state index contributed by atoms with van der Waals surface area (Å²) in [6.45, 7) is -0.471. The third-order valence-corrected chi connectivity index (χ3v) is 4.72. The third kappa shape index (κ3) is 4.01. The number of nitrogens with zero attached hydrogens (tertiary/aromatic N) is 1. The monoisotopic (exact) mass is 342 g/mol. The van der Waals surface area contributed by atoms with Crippen LogP contribution in [0.15, 0.2) is 12.1 Å². The SMILES string of the molecule is O=C(NC1CCN(CC(F)(F)F)C1)c1cc2c(cc1O)CCCC2. The van der Waals surface area contributed by atoms with Crippen LogP contribution in [0.1, 0.15) is 40.7 Å². The molecule has 132 valence electrons. The first kappa shape index (κ1) is 17.1. The van der Waals surface area contributed by atoms with E-state index in [4.69, 9.17) is 0 Å². The van der Waals surface area contributed by atoms with Crippen LogP contribution in [0.2, 0.25) is 0 Å². The Kier molecular flexibility index (Phi) is 4.71. The molecule has 2 N–H and O–H groups in total. The van der Waals surface area contributed by atoms with Gasteiger partial charge in [0.1, 0.15) is 5.75 Å². The average Bonchev–Trinajstić information content (AvgIpc) is 2.91. The lowest BCUT2D eigenvalue weighted by atomic mass is 9.90. The van der Waals surface area contributed by atoms with E-state index in [0.717, 1.165) is 36.8 Å². The summed E-state index contributed by atoms with van der Waals surface area (Å²) < 4.78 is 37.2. The van der Waals surface area contributed by atoms with Gasteiger partial charge in [-0.2, -0.15) is 13.2 Å². The molecule has 0 bridgehead atoms. The fourth-order valence-corrected chi connectivity index (χ4v) is 3.57. The van der Waals surface area contributed by atoms with Gasteiger partial charge in [0, 0.05) is 19.1 Å². The van der Waals surface area contributed by atoms with Gasteiger partial charge in [0.25, 0.3) is 5.91 Å². The first-order valence-corrected chi connectivity index (χ1v) is 8.26. The second-order valence-electron chi connectivity index (χ2n) is 6.65. The van der Waals surface area contributed by atoms with Gasteiger partial charge < -0.3 is 10.4 Å². The van der Waals surface area contributed by atoms with Crippen molar-refractivity contribution in [2.24, 2.45) is 0 Å². The molecule has 24 heavy (non-hydrogen) atoms. The van der Waals surface area contributed by atoms with Gasteiger partial charge in [0.05, 0.1) is 12.1 Å². The van der Waals surface area contributed by atoms with E-state index >= 15 is 0 Å². The van der Waals surface area contributed by atoms with E-state index in [9.17, 15) is 23.1 Å². The Morgan fingerprint density at radius 3 is 2.58 bits per heavy atom. The Morgan fingerprint density at radius 1 is 1.25 bits per heavy atom. The summed E-state index contributed by atoms with van der Waals surface area (Å²) in [6, 6.07) is 3.05. The highest BCUT2D eigenvalue weighted by molar-refractivity contribution is 5.97. The number of likely N-dealkylation sites (tertiary alicyclic amines) is 1. The second-order valence-corrected chi connectivity index (χ2v) is 6.65. The highest BCUT2D eigenvalue weighted by Gasteiger charge is 2.35. The summed E-state index contributed by atoms with van der Waals surface area (Å²) in [5.74, 6) is -0.474. The highest BCUT2D eigenvalue weighted by Crippen LogP contribution is 2.29. The molecule has 1 fully saturated rings. The number of carbonyl (C=O) groups excluding carboxylic acids is 1. The first-order chi connectivity index (χ1) is 11.3. The maximum absolute atomic E-state index is 12.4. The summed E-state index contributed by atoms with van der Waals surface area (Å²) in [4.78, 5) is 13.7. The number of carbonyl (C=O) groups is 1. The first-order valence-electron chi connectivity index (χ1n) is 8.26. The number of phenols is 1. The number of halogens is 3. The van der Waals surface area contributed by atoms with Crippen LogP contribution >= 0.6 is 0 Å². The van der Waals surface area contributed by atoms with Crippen molar-refractivity contribution in [3.8, 4) is 5.75 Å². The van der Waals surface area contributed by atoms with E-state index in [1.54, 1.807) is 12.1 Å². The molecule has 1 aromatic rings. The lowest BCUT2D eigenvalue weighted by Crippen LogP contribution is -2.39. The van der Waals surface area contributed by atoms with Gasteiger partial charge in [-0.3, -0.25) is 9.69 Å². The molecular formula is C17H21F3N2O2. The van der Waals surface area contributed by atoms with Gasteiger partial charge >= 0.3 is 6.18 Å². The molecule has 1 heterocycles. The van der Waals surface area contributed by atoms with Crippen LogP contribution in [-0.4, -0.2) is 47.8 Å². The molecule has 1 aliphatic heterocycles. The Hall–Kier alpha value is -1.76. The van der Waals surface area contributed by atoms with Gasteiger partial charge in [-0.05, 0) is 55.4 Å². The summed E-state index contributed by atoms with van der Waals surface area (Å²) in [5, 5.41) is 12.8. The van der Waals surface area contributed by atoms with E-state index in [-0.39, 0.29) is 23.9 Å². The van der Waals surface area contributed by atoms with Crippen LogP contribution in [0.4, 0.5) is 13.2 Å². The molecule has 0 saturated carbocycles. The van der Waals surface area contributed by atoms with Gasteiger partial charge in [-0.1, -0.05) is 0 Å². The lowest BCUT2D eigenvalue weighted by Gasteiger charge is -2.20. The Morgan fingerprint density at radius 2 is 1.92 bits per heavy atom. The minimum absolute atomic E-state index is 0.0571. The van der Waals surface area contributed by atoms with E-state index < -0.39 is 18.6 Å². The predicted molar refractivity (Wildman–Crippen MR) is 83.1 cm³/mol. The van der Waals surface area contributed by atoms with Crippen LogP contribution in [0.3, 0.4) is 0 Å². The normalized spacial score (nSPS) is 21.5. The summed E-state index contributed by atoms with van der Waals surface area (Å²) in [7, 11) is 0. The van der Waals surface area contributed by atoms with Gasteiger partial charge in [-0.25, -0.2) is 0 Å². The molecule has 1 amide bonds. The van der Waals surface area contributed by atoms with Gasteiger partial charge in [0.2, 0.25) is 0 Å². The molecule has 1 unspecified atom stereocenters. The van der Waals surface area contributed by atoms with Crippen molar-refractivity contribution < 1.29 is 23.1 Å². The predicted octanol–water partition coefficient (Wildman–Crippen LogP) is 2.64. The maximum atomic E-state index is 12.4. The fourth-order valence-electron chi connectivity index (χ4n) is 3.57. The topological polar surface area (TPSA) is 52.6 Å². The second kappa shape index (κ2) is 6.63. The number of rotatable bonds is 3.